The van der Waals surface area contributed by atoms with Gasteiger partial charge in [0.1, 0.15) is 0 Å². The summed E-state index contributed by atoms with van der Waals surface area (Å²) in [6.45, 7) is 9.91. The zero-order valence-electron chi connectivity index (χ0n) is 8.43. The molecule has 0 aromatic heterocycles. The molecular formula is C11H19N. The highest BCUT2D eigenvalue weighted by atomic mass is 14.7. The lowest BCUT2D eigenvalue weighted by Crippen LogP contribution is -1.76. The van der Waals surface area contributed by atoms with Crippen LogP contribution in [0, 0.1) is 0 Å². The summed E-state index contributed by atoms with van der Waals surface area (Å²) in [5.74, 6) is 0. The maximum Gasteiger partial charge on any atom is 0.0332 e. The highest BCUT2D eigenvalue weighted by molar-refractivity contribution is 5.77. The van der Waals surface area contributed by atoms with E-state index in [1.807, 2.05) is 13.8 Å². The van der Waals surface area contributed by atoms with Crippen LogP contribution in [0.4, 0.5) is 0 Å². The summed E-state index contributed by atoms with van der Waals surface area (Å²) in [6, 6.07) is 0. The lowest BCUT2D eigenvalue weighted by molar-refractivity contribution is 0.810. The molecule has 0 heterocycles. The molecule has 1 heteroatoms. The third-order valence-corrected chi connectivity index (χ3v) is 1.49. The van der Waals surface area contributed by atoms with Crippen molar-refractivity contribution in [1.82, 2.24) is 0 Å². The standard InChI is InChI=1S/C11H19N/c1-5-6-7-8-11(4)12-9-10(2)3/h8-9H,2,5-7H2,1,3-4H3/b11-8-,12-9-. The molecule has 0 radical (unpaired) electrons. The van der Waals surface area contributed by atoms with Gasteiger partial charge in [-0.3, -0.25) is 4.99 Å². The zero-order chi connectivity index (χ0) is 9.40. The molecule has 0 N–H and O–H groups in total. The first kappa shape index (κ1) is 11.2. The van der Waals surface area contributed by atoms with Gasteiger partial charge < -0.3 is 0 Å². The van der Waals surface area contributed by atoms with E-state index in [0.717, 1.165) is 17.7 Å². The van der Waals surface area contributed by atoms with Crippen molar-refractivity contribution in [2.75, 3.05) is 0 Å². The second-order valence-electron chi connectivity index (χ2n) is 3.09. The summed E-state index contributed by atoms with van der Waals surface area (Å²) in [4.78, 5) is 4.23. The van der Waals surface area contributed by atoms with Crippen LogP contribution in [0.5, 0.6) is 0 Å². The Bertz CT molecular complexity index is 187. The third kappa shape index (κ3) is 7.26. The van der Waals surface area contributed by atoms with Gasteiger partial charge in [-0.2, -0.15) is 0 Å². The van der Waals surface area contributed by atoms with Gasteiger partial charge in [-0.1, -0.05) is 32.4 Å². The molecule has 0 saturated heterocycles. The largest absolute Gasteiger partial charge is 0.262 e. The van der Waals surface area contributed by atoms with Crippen molar-refractivity contribution in [2.45, 2.75) is 40.0 Å². The minimum absolute atomic E-state index is 0.998. The highest BCUT2D eigenvalue weighted by Gasteiger charge is 1.83. The second kappa shape index (κ2) is 6.84. The Hall–Kier alpha value is -0.850. The molecule has 0 saturated carbocycles. The number of unbranched alkanes of at least 4 members (excludes halogenated alkanes) is 2. The smallest absolute Gasteiger partial charge is 0.0332 e. The van der Waals surface area contributed by atoms with Crippen LogP contribution in [0.15, 0.2) is 28.9 Å². The van der Waals surface area contributed by atoms with Gasteiger partial charge in [-0.05, 0) is 25.8 Å². The van der Waals surface area contributed by atoms with Gasteiger partial charge in [0.05, 0.1) is 0 Å². The van der Waals surface area contributed by atoms with E-state index in [1.54, 1.807) is 6.21 Å². The highest BCUT2D eigenvalue weighted by Crippen LogP contribution is 2.01. The third-order valence-electron chi connectivity index (χ3n) is 1.49. The summed E-state index contributed by atoms with van der Waals surface area (Å²) in [5.41, 5.74) is 2.09. The van der Waals surface area contributed by atoms with Crippen LogP contribution in [-0.4, -0.2) is 6.21 Å². The zero-order valence-corrected chi connectivity index (χ0v) is 8.43. The van der Waals surface area contributed by atoms with E-state index in [9.17, 15) is 0 Å². The van der Waals surface area contributed by atoms with Crippen LogP contribution in [-0.2, 0) is 0 Å². The first-order valence-corrected chi connectivity index (χ1v) is 4.53. The van der Waals surface area contributed by atoms with Gasteiger partial charge in [-0.25, -0.2) is 0 Å². The Balaban J connectivity index is 3.77. The average molecular weight is 165 g/mol. The van der Waals surface area contributed by atoms with E-state index in [4.69, 9.17) is 0 Å². The van der Waals surface area contributed by atoms with E-state index >= 15 is 0 Å². The van der Waals surface area contributed by atoms with Crippen molar-refractivity contribution in [3.05, 3.63) is 23.9 Å². The molecule has 12 heavy (non-hydrogen) atoms. The molecule has 0 spiro atoms. The van der Waals surface area contributed by atoms with Crippen LogP contribution in [0.1, 0.15) is 40.0 Å². The molecule has 0 aliphatic heterocycles. The normalized spacial score (nSPS) is 12.4. The van der Waals surface area contributed by atoms with Crippen molar-refractivity contribution in [3.8, 4) is 0 Å². The SMILES string of the molecule is C=C(C)/C=N\C(C)=C/CCCC. The number of rotatable bonds is 5. The summed E-state index contributed by atoms with van der Waals surface area (Å²) in [5, 5.41) is 0. The molecule has 0 aliphatic rings. The number of nitrogens with zero attached hydrogens (tertiary/aromatic N) is 1. The molecule has 0 bridgehead atoms. The van der Waals surface area contributed by atoms with Gasteiger partial charge in [0, 0.05) is 11.9 Å². The Labute approximate surface area is 75.9 Å². The average Bonchev–Trinajstić information content (AvgIpc) is 2.01. The van der Waals surface area contributed by atoms with E-state index in [-0.39, 0.29) is 0 Å². The van der Waals surface area contributed by atoms with Crippen LogP contribution in [0.25, 0.3) is 0 Å². The molecule has 68 valence electrons. The molecule has 0 aromatic carbocycles. The van der Waals surface area contributed by atoms with E-state index in [2.05, 4.69) is 24.6 Å². The number of allylic oxidation sites excluding steroid dienone is 3. The molecule has 0 atom stereocenters. The number of hydrogen-bond donors (Lipinski definition) is 0. The number of hydrogen-bond acceptors (Lipinski definition) is 1. The Morgan fingerprint density at radius 3 is 2.58 bits per heavy atom. The van der Waals surface area contributed by atoms with Crippen molar-refractivity contribution in [1.29, 1.82) is 0 Å². The molecule has 0 aliphatic carbocycles. The quantitative estimate of drug-likeness (QED) is 0.435. The molecular weight excluding hydrogens is 146 g/mol. The lowest BCUT2D eigenvalue weighted by atomic mass is 10.2. The van der Waals surface area contributed by atoms with E-state index in [0.29, 0.717) is 0 Å². The van der Waals surface area contributed by atoms with Gasteiger partial charge in [-0.15, -0.1) is 0 Å². The van der Waals surface area contributed by atoms with Gasteiger partial charge in [0.2, 0.25) is 0 Å². The number of aliphatic imine (C=N–C) groups is 1. The van der Waals surface area contributed by atoms with Crippen LogP contribution in [0.2, 0.25) is 0 Å². The Kier molecular flexibility index (Phi) is 6.35. The molecule has 1 nitrogen and oxygen atoms in total. The molecule has 0 fully saturated rings. The van der Waals surface area contributed by atoms with E-state index < -0.39 is 0 Å². The van der Waals surface area contributed by atoms with Crippen molar-refractivity contribution >= 4 is 6.21 Å². The van der Waals surface area contributed by atoms with Crippen LogP contribution >= 0.6 is 0 Å². The summed E-state index contributed by atoms with van der Waals surface area (Å²) in [6.07, 6.45) is 7.60. The summed E-state index contributed by atoms with van der Waals surface area (Å²) >= 11 is 0. The first-order valence-electron chi connectivity index (χ1n) is 4.53. The fourth-order valence-electron chi connectivity index (χ4n) is 0.780. The minimum atomic E-state index is 0.998. The molecule has 0 amide bonds. The Morgan fingerprint density at radius 1 is 1.42 bits per heavy atom. The predicted octanol–water partition coefficient (Wildman–Crippen LogP) is 3.73. The maximum absolute atomic E-state index is 4.23. The maximum atomic E-state index is 4.23. The monoisotopic (exact) mass is 165 g/mol. The van der Waals surface area contributed by atoms with Gasteiger partial charge >= 0.3 is 0 Å². The van der Waals surface area contributed by atoms with Crippen molar-refractivity contribution in [3.63, 3.8) is 0 Å². The molecule has 0 rings (SSSR count). The van der Waals surface area contributed by atoms with Crippen molar-refractivity contribution < 1.29 is 0 Å². The lowest BCUT2D eigenvalue weighted by Gasteiger charge is -1.92. The first-order chi connectivity index (χ1) is 5.66. The van der Waals surface area contributed by atoms with Crippen molar-refractivity contribution in [2.24, 2.45) is 4.99 Å². The minimum Gasteiger partial charge on any atom is -0.262 e. The van der Waals surface area contributed by atoms with Crippen LogP contribution < -0.4 is 0 Å². The summed E-state index contributed by atoms with van der Waals surface area (Å²) in [7, 11) is 0. The fourth-order valence-corrected chi connectivity index (χ4v) is 0.780. The van der Waals surface area contributed by atoms with Gasteiger partial charge in [0.25, 0.3) is 0 Å². The molecule has 0 aromatic rings. The van der Waals surface area contributed by atoms with Crippen LogP contribution in [0.3, 0.4) is 0 Å². The van der Waals surface area contributed by atoms with Gasteiger partial charge in [0.15, 0.2) is 0 Å². The second-order valence-corrected chi connectivity index (χ2v) is 3.09. The fraction of sp³-hybridized carbons (Fsp3) is 0.545. The summed E-state index contributed by atoms with van der Waals surface area (Å²) < 4.78 is 0. The van der Waals surface area contributed by atoms with E-state index in [1.165, 1.54) is 12.8 Å². The topological polar surface area (TPSA) is 12.4 Å². The Morgan fingerprint density at radius 2 is 2.08 bits per heavy atom. The molecule has 0 unspecified atom stereocenters. The predicted molar refractivity (Wildman–Crippen MR) is 56.6 cm³/mol.